The zero-order valence-electron chi connectivity index (χ0n) is 12.3. The molecule has 0 heterocycles. The van der Waals surface area contributed by atoms with E-state index >= 15 is 0 Å². The molecule has 0 aliphatic heterocycles. The molecule has 0 saturated carbocycles. The number of allylic oxidation sites excluding steroid dienone is 2. The van der Waals surface area contributed by atoms with Crippen molar-refractivity contribution in [2.45, 2.75) is 32.1 Å². The molecule has 2 heteroatoms. The number of carbonyl (C=O) groups excluding carboxylic acids is 1. The van der Waals surface area contributed by atoms with Gasteiger partial charge >= 0.3 is 5.97 Å². The maximum atomic E-state index is 11.4. The van der Waals surface area contributed by atoms with Gasteiger partial charge in [-0.2, -0.15) is 0 Å². The Bertz CT molecular complexity index is 422. The van der Waals surface area contributed by atoms with Gasteiger partial charge in [0.25, 0.3) is 0 Å². The van der Waals surface area contributed by atoms with E-state index in [1.165, 1.54) is 5.56 Å². The minimum atomic E-state index is -0.120. The monoisotopic (exact) mass is 272 g/mol. The van der Waals surface area contributed by atoms with E-state index < -0.39 is 0 Å². The van der Waals surface area contributed by atoms with Crippen molar-refractivity contribution in [2.24, 2.45) is 5.92 Å². The van der Waals surface area contributed by atoms with Crippen molar-refractivity contribution >= 4 is 5.97 Å². The zero-order valence-corrected chi connectivity index (χ0v) is 12.3. The average Bonchev–Trinajstić information content (AvgIpc) is 2.47. The van der Waals surface area contributed by atoms with Gasteiger partial charge in [0.2, 0.25) is 0 Å². The lowest BCUT2D eigenvalue weighted by molar-refractivity contribution is -0.143. The first kappa shape index (κ1) is 16.2. The van der Waals surface area contributed by atoms with E-state index in [1.807, 2.05) is 37.3 Å². The molecule has 1 rings (SSSR count). The molecule has 0 unspecified atom stereocenters. The summed E-state index contributed by atoms with van der Waals surface area (Å²) < 4.78 is 4.94. The Hall–Kier alpha value is -1.83. The summed E-state index contributed by atoms with van der Waals surface area (Å²) in [5.74, 6) is 0.422. The van der Waals surface area contributed by atoms with E-state index in [9.17, 15) is 4.79 Å². The molecule has 0 aliphatic carbocycles. The lowest BCUT2D eigenvalue weighted by Crippen LogP contribution is -2.10. The fraction of sp³-hybridized carbons (Fsp3) is 0.389. The van der Waals surface area contributed by atoms with Crippen LogP contribution in [0.15, 0.2) is 55.6 Å². The third-order valence-electron chi connectivity index (χ3n) is 3.43. The van der Waals surface area contributed by atoms with Crippen molar-refractivity contribution in [1.82, 2.24) is 0 Å². The van der Waals surface area contributed by atoms with E-state index in [4.69, 9.17) is 4.74 Å². The van der Waals surface area contributed by atoms with Crippen molar-refractivity contribution in [2.75, 3.05) is 6.61 Å². The van der Waals surface area contributed by atoms with Crippen LogP contribution >= 0.6 is 0 Å². The number of rotatable bonds is 9. The third-order valence-corrected chi connectivity index (χ3v) is 3.43. The van der Waals surface area contributed by atoms with Crippen LogP contribution in [0.4, 0.5) is 0 Å². The SMILES string of the molecule is C=C[C@H](c1ccccc1)[C@@H](C=C)CCCC(=O)OCC. The van der Waals surface area contributed by atoms with E-state index in [0.29, 0.717) is 18.9 Å². The number of benzene rings is 1. The second-order valence-corrected chi connectivity index (χ2v) is 4.77. The summed E-state index contributed by atoms with van der Waals surface area (Å²) in [6.45, 7) is 10.1. The summed E-state index contributed by atoms with van der Waals surface area (Å²) in [6.07, 6.45) is 6.12. The van der Waals surface area contributed by atoms with Crippen LogP contribution in [0.25, 0.3) is 0 Å². The fourth-order valence-electron chi connectivity index (χ4n) is 2.39. The molecule has 0 saturated heterocycles. The molecule has 0 radical (unpaired) electrons. The molecule has 108 valence electrons. The minimum Gasteiger partial charge on any atom is -0.466 e. The first-order valence-corrected chi connectivity index (χ1v) is 7.18. The normalized spacial score (nSPS) is 13.2. The quantitative estimate of drug-likeness (QED) is 0.489. The van der Waals surface area contributed by atoms with E-state index in [0.717, 1.165) is 12.8 Å². The minimum absolute atomic E-state index is 0.120. The Balaban J connectivity index is 2.58. The van der Waals surface area contributed by atoms with Gasteiger partial charge in [0, 0.05) is 12.3 Å². The standard InChI is InChI=1S/C18H24O2/c1-4-15(13-10-14-18(19)20-6-3)17(5-2)16-11-8-7-9-12-16/h4-5,7-9,11-12,15,17H,1-2,6,10,13-14H2,3H3/t15-,17-/m0/s1. The molecule has 0 spiro atoms. The highest BCUT2D eigenvalue weighted by Crippen LogP contribution is 2.30. The summed E-state index contributed by atoms with van der Waals surface area (Å²) in [7, 11) is 0. The molecule has 0 aromatic heterocycles. The molecule has 0 N–H and O–H groups in total. The molecular weight excluding hydrogens is 248 g/mol. The summed E-state index contributed by atoms with van der Waals surface area (Å²) in [6, 6.07) is 10.3. The Morgan fingerprint density at radius 2 is 1.95 bits per heavy atom. The van der Waals surface area contributed by atoms with Crippen LogP contribution in [-0.4, -0.2) is 12.6 Å². The Labute approximate surface area is 122 Å². The van der Waals surface area contributed by atoms with Gasteiger partial charge in [-0.3, -0.25) is 4.79 Å². The lowest BCUT2D eigenvalue weighted by atomic mass is 9.83. The second-order valence-electron chi connectivity index (χ2n) is 4.77. The molecule has 20 heavy (non-hydrogen) atoms. The van der Waals surface area contributed by atoms with Crippen molar-refractivity contribution in [3.8, 4) is 0 Å². The molecule has 0 fully saturated rings. The molecule has 1 aromatic rings. The van der Waals surface area contributed by atoms with Gasteiger partial charge in [-0.05, 0) is 31.2 Å². The number of esters is 1. The molecule has 0 bridgehead atoms. The number of ether oxygens (including phenoxy) is 1. The van der Waals surface area contributed by atoms with E-state index in [2.05, 4.69) is 25.3 Å². The summed E-state index contributed by atoms with van der Waals surface area (Å²) in [5.41, 5.74) is 1.24. The third kappa shape index (κ3) is 5.04. The maximum absolute atomic E-state index is 11.4. The van der Waals surface area contributed by atoms with Gasteiger partial charge in [0.05, 0.1) is 6.61 Å². The average molecular weight is 272 g/mol. The van der Waals surface area contributed by atoms with Crippen LogP contribution in [0.3, 0.4) is 0 Å². The van der Waals surface area contributed by atoms with Crippen molar-refractivity contribution in [3.63, 3.8) is 0 Å². The smallest absolute Gasteiger partial charge is 0.305 e. The predicted molar refractivity (Wildman–Crippen MR) is 83.6 cm³/mol. The molecule has 1 aromatic carbocycles. The Morgan fingerprint density at radius 1 is 1.25 bits per heavy atom. The van der Waals surface area contributed by atoms with Crippen molar-refractivity contribution < 1.29 is 9.53 Å². The van der Waals surface area contributed by atoms with Crippen LogP contribution in [0.5, 0.6) is 0 Å². The van der Waals surface area contributed by atoms with Gasteiger partial charge in [0.1, 0.15) is 0 Å². The highest BCUT2D eigenvalue weighted by molar-refractivity contribution is 5.69. The van der Waals surface area contributed by atoms with E-state index in [-0.39, 0.29) is 11.9 Å². The number of hydrogen-bond donors (Lipinski definition) is 0. The summed E-state index contributed by atoms with van der Waals surface area (Å²) >= 11 is 0. The van der Waals surface area contributed by atoms with Crippen LogP contribution in [0.1, 0.15) is 37.7 Å². The predicted octanol–water partition coefficient (Wildman–Crippen LogP) is 4.49. The summed E-state index contributed by atoms with van der Waals surface area (Å²) in [4.78, 5) is 11.4. The first-order valence-electron chi connectivity index (χ1n) is 7.18. The van der Waals surface area contributed by atoms with Crippen LogP contribution in [-0.2, 0) is 9.53 Å². The number of hydrogen-bond acceptors (Lipinski definition) is 2. The van der Waals surface area contributed by atoms with Crippen molar-refractivity contribution in [3.05, 3.63) is 61.2 Å². The summed E-state index contributed by atoms with van der Waals surface area (Å²) in [5, 5.41) is 0. The van der Waals surface area contributed by atoms with Crippen LogP contribution in [0.2, 0.25) is 0 Å². The molecule has 2 atom stereocenters. The zero-order chi connectivity index (χ0) is 14.8. The van der Waals surface area contributed by atoms with Crippen molar-refractivity contribution in [1.29, 1.82) is 0 Å². The molecule has 0 amide bonds. The molecule has 2 nitrogen and oxygen atoms in total. The van der Waals surface area contributed by atoms with Gasteiger partial charge in [-0.25, -0.2) is 0 Å². The highest BCUT2D eigenvalue weighted by Gasteiger charge is 2.17. The van der Waals surface area contributed by atoms with Gasteiger partial charge in [0.15, 0.2) is 0 Å². The van der Waals surface area contributed by atoms with Crippen LogP contribution in [0, 0.1) is 5.92 Å². The largest absolute Gasteiger partial charge is 0.466 e. The molecule has 0 aliphatic rings. The topological polar surface area (TPSA) is 26.3 Å². The Morgan fingerprint density at radius 3 is 2.50 bits per heavy atom. The van der Waals surface area contributed by atoms with Gasteiger partial charge < -0.3 is 4.74 Å². The lowest BCUT2D eigenvalue weighted by Gasteiger charge is -2.22. The first-order chi connectivity index (χ1) is 9.72. The highest BCUT2D eigenvalue weighted by atomic mass is 16.5. The van der Waals surface area contributed by atoms with Crippen LogP contribution < -0.4 is 0 Å². The number of carbonyl (C=O) groups is 1. The fourth-order valence-corrected chi connectivity index (χ4v) is 2.39. The van der Waals surface area contributed by atoms with Gasteiger partial charge in [-0.15, -0.1) is 13.2 Å². The van der Waals surface area contributed by atoms with E-state index in [1.54, 1.807) is 0 Å². The second kappa shape index (κ2) is 9.13. The Kier molecular flexibility index (Phi) is 7.41. The molecular formula is C18H24O2. The van der Waals surface area contributed by atoms with Gasteiger partial charge in [-0.1, -0.05) is 42.5 Å². The maximum Gasteiger partial charge on any atom is 0.305 e.